The summed E-state index contributed by atoms with van der Waals surface area (Å²) in [7, 11) is 2.40. The standard InChI is InChI=1S/C15H16Br2O5/c1-4-5-22-13-11(16)7-9(8-12(13)17)6-10(14(18)20-2)15(19)21-3/h6-8H,4-5H2,1-3H3. The molecule has 1 rings (SSSR count). The van der Waals surface area contributed by atoms with Gasteiger partial charge in [-0.05, 0) is 62.1 Å². The molecular formula is C15H16Br2O5. The third-order valence-electron chi connectivity index (χ3n) is 2.59. The predicted molar refractivity (Wildman–Crippen MR) is 89.6 cm³/mol. The van der Waals surface area contributed by atoms with Crippen LogP contribution in [0.4, 0.5) is 0 Å². The lowest BCUT2D eigenvalue weighted by Crippen LogP contribution is -2.15. The van der Waals surface area contributed by atoms with Crippen LogP contribution in [0.15, 0.2) is 26.7 Å². The van der Waals surface area contributed by atoms with Crippen molar-refractivity contribution in [1.29, 1.82) is 0 Å². The fourth-order valence-corrected chi connectivity index (χ4v) is 3.04. The highest BCUT2D eigenvalue weighted by Crippen LogP contribution is 2.35. The summed E-state index contributed by atoms with van der Waals surface area (Å²) in [6.45, 7) is 2.60. The molecule has 0 radical (unpaired) electrons. The highest BCUT2D eigenvalue weighted by molar-refractivity contribution is 9.11. The Labute approximate surface area is 145 Å². The van der Waals surface area contributed by atoms with E-state index < -0.39 is 11.9 Å². The van der Waals surface area contributed by atoms with Crippen molar-refractivity contribution in [2.45, 2.75) is 13.3 Å². The summed E-state index contributed by atoms with van der Waals surface area (Å²) in [4.78, 5) is 23.3. The zero-order valence-corrected chi connectivity index (χ0v) is 15.6. The molecule has 1 aromatic carbocycles. The van der Waals surface area contributed by atoms with Crippen LogP contribution in [-0.2, 0) is 19.1 Å². The van der Waals surface area contributed by atoms with Gasteiger partial charge in [-0.15, -0.1) is 0 Å². The molecule has 0 bridgehead atoms. The Kier molecular flexibility index (Phi) is 7.61. The van der Waals surface area contributed by atoms with Crippen LogP contribution < -0.4 is 4.74 Å². The zero-order valence-electron chi connectivity index (χ0n) is 12.4. The van der Waals surface area contributed by atoms with E-state index in [1.165, 1.54) is 20.3 Å². The Morgan fingerprint density at radius 2 is 1.59 bits per heavy atom. The van der Waals surface area contributed by atoms with Gasteiger partial charge in [-0.2, -0.15) is 0 Å². The monoisotopic (exact) mass is 434 g/mol. The van der Waals surface area contributed by atoms with Crippen molar-refractivity contribution >= 4 is 49.9 Å². The summed E-state index contributed by atoms with van der Waals surface area (Å²) in [5.74, 6) is -0.854. The quantitative estimate of drug-likeness (QED) is 0.295. The van der Waals surface area contributed by atoms with Crippen molar-refractivity contribution < 1.29 is 23.8 Å². The van der Waals surface area contributed by atoms with Gasteiger partial charge >= 0.3 is 11.9 Å². The molecule has 0 heterocycles. The predicted octanol–water partition coefficient (Wildman–Crippen LogP) is 3.73. The first kappa shape index (κ1) is 18.7. The molecule has 1 aromatic rings. The van der Waals surface area contributed by atoms with Crippen molar-refractivity contribution in [3.05, 3.63) is 32.2 Å². The number of esters is 2. The molecule has 0 saturated carbocycles. The number of benzene rings is 1. The van der Waals surface area contributed by atoms with Crippen LogP contribution in [-0.4, -0.2) is 32.8 Å². The summed E-state index contributed by atoms with van der Waals surface area (Å²) in [5, 5.41) is 0. The SMILES string of the molecule is CCCOc1c(Br)cc(C=C(C(=O)OC)C(=O)OC)cc1Br. The van der Waals surface area contributed by atoms with Crippen LogP contribution in [0.25, 0.3) is 6.08 Å². The van der Waals surface area contributed by atoms with Gasteiger partial charge in [0.05, 0.1) is 29.8 Å². The molecule has 0 aliphatic rings. The normalized spacial score (nSPS) is 9.86. The second-order valence-electron chi connectivity index (χ2n) is 4.20. The molecule has 0 N–H and O–H groups in total. The van der Waals surface area contributed by atoms with Crippen LogP contribution in [0.1, 0.15) is 18.9 Å². The first-order chi connectivity index (χ1) is 10.4. The molecule has 0 amide bonds. The molecular weight excluding hydrogens is 420 g/mol. The lowest BCUT2D eigenvalue weighted by Gasteiger charge is -2.11. The molecule has 7 heteroatoms. The number of carbonyl (C=O) groups is 2. The van der Waals surface area contributed by atoms with Crippen LogP contribution >= 0.6 is 31.9 Å². The zero-order chi connectivity index (χ0) is 16.7. The Bertz CT molecular complexity index is 555. The first-order valence-electron chi connectivity index (χ1n) is 6.44. The van der Waals surface area contributed by atoms with Gasteiger partial charge in [0.2, 0.25) is 0 Å². The number of hydrogen-bond donors (Lipinski definition) is 0. The van der Waals surface area contributed by atoms with Gasteiger partial charge in [0.25, 0.3) is 0 Å². The molecule has 0 aromatic heterocycles. The van der Waals surface area contributed by atoms with Gasteiger partial charge in [-0.25, -0.2) is 9.59 Å². The highest BCUT2D eigenvalue weighted by atomic mass is 79.9. The smallest absolute Gasteiger partial charge is 0.345 e. The van der Waals surface area contributed by atoms with E-state index in [0.717, 1.165) is 6.42 Å². The van der Waals surface area contributed by atoms with Crippen molar-refractivity contribution in [1.82, 2.24) is 0 Å². The minimum absolute atomic E-state index is 0.189. The Morgan fingerprint density at radius 3 is 2.00 bits per heavy atom. The Hall–Kier alpha value is -1.34. The second kappa shape index (κ2) is 8.95. The molecule has 22 heavy (non-hydrogen) atoms. The maximum atomic E-state index is 11.7. The van der Waals surface area contributed by atoms with E-state index in [1.807, 2.05) is 6.92 Å². The van der Waals surface area contributed by atoms with E-state index in [2.05, 4.69) is 41.3 Å². The summed E-state index contributed by atoms with van der Waals surface area (Å²) in [6.07, 6.45) is 2.28. The van der Waals surface area contributed by atoms with E-state index in [0.29, 0.717) is 26.9 Å². The van der Waals surface area contributed by atoms with E-state index in [9.17, 15) is 9.59 Å². The lowest BCUT2D eigenvalue weighted by atomic mass is 10.1. The number of methoxy groups -OCH3 is 2. The van der Waals surface area contributed by atoms with Gasteiger partial charge in [-0.3, -0.25) is 0 Å². The minimum atomic E-state index is -0.759. The Balaban J connectivity index is 3.22. The number of ether oxygens (including phenoxy) is 3. The summed E-state index contributed by atoms with van der Waals surface area (Å²) >= 11 is 6.82. The molecule has 0 spiro atoms. The Morgan fingerprint density at radius 1 is 1.09 bits per heavy atom. The van der Waals surface area contributed by atoms with Crippen molar-refractivity contribution in [3.63, 3.8) is 0 Å². The molecule has 120 valence electrons. The van der Waals surface area contributed by atoms with E-state index >= 15 is 0 Å². The van der Waals surface area contributed by atoms with Gasteiger partial charge < -0.3 is 14.2 Å². The molecule has 0 fully saturated rings. The fourth-order valence-electron chi connectivity index (χ4n) is 1.59. The summed E-state index contributed by atoms with van der Waals surface area (Å²) in [6, 6.07) is 3.48. The third kappa shape index (κ3) is 4.84. The lowest BCUT2D eigenvalue weighted by molar-refractivity contribution is -0.143. The van der Waals surface area contributed by atoms with Crippen LogP contribution in [0, 0.1) is 0 Å². The van der Waals surface area contributed by atoms with Crippen molar-refractivity contribution in [3.8, 4) is 5.75 Å². The van der Waals surface area contributed by atoms with E-state index in [-0.39, 0.29) is 5.57 Å². The molecule has 0 aliphatic carbocycles. The molecule has 0 aliphatic heterocycles. The van der Waals surface area contributed by atoms with E-state index in [4.69, 9.17) is 4.74 Å². The van der Waals surface area contributed by atoms with Gasteiger partial charge in [0.1, 0.15) is 11.3 Å². The molecule has 0 saturated heterocycles. The van der Waals surface area contributed by atoms with Gasteiger partial charge in [-0.1, -0.05) is 6.92 Å². The van der Waals surface area contributed by atoms with Crippen molar-refractivity contribution in [2.75, 3.05) is 20.8 Å². The van der Waals surface area contributed by atoms with Crippen molar-refractivity contribution in [2.24, 2.45) is 0 Å². The van der Waals surface area contributed by atoms with Crippen LogP contribution in [0.5, 0.6) is 5.75 Å². The van der Waals surface area contributed by atoms with Gasteiger partial charge in [0.15, 0.2) is 0 Å². The number of halogens is 2. The summed E-state index contributed by atoms with van der Waals surface area (Å²) < 4.78 is 16.2. The summed E-state index contributed by atoms with van der Waals surface area (Å²) in [5.41, 5.74) is 0.430. The third-order valence-corrected chi connectivity index (χ3v) is 3.77. The fraction of sp³-hybridized carbons (Fsp3) is 0.333. The minimum Gasteiger partial charge on any atom is -0.491 e. The highest BCUT2D eigenvalue weighted by Gasteiger charge is 2.20. The molecule has 0 unspecified atom stereocenters. The first-order valence-corrected chi connectivity index (χ1v) is 8.03. The number of hydrogen-bond acceptors (Lipinski definition) is 5. The maximum Gasteiger partial charge on any atom is 0.345 e. The average Bonchev–Trinajstić information content (AvgIpc) is 2.50. The maximum absolute atomic E-state index is 11.7. The molecule has 5 nitrogen and oxygen atoms in total. The van der Waals surface area contributed by atoms with E-state index in [1.54, 1.807) is 12.1 Å². The average molecular weight is 436 g/mol. The van der Waals surface area contributed by atoms with Crippen LogP contribution in [0.2, 0.25) is 0 Å². The topological polar surface area (TPSA) is 61.8 Å². The largest absolute Gasteiger partial charge is 0.491 e. The number of carbonyl (C=O) groups excluding carboxylic acids is 2. The molecule has 0 atom stereocenters. The van der Waals surface area contributed by atoms with Gasteiger partial charge in [0, 0.05) is 0 Å². The second-order valence-corrected chi connectivity index (χ2v) is 5.91. The van der Waals surface area contributed by atoms with Crippen LogP contribution in [0.3, 0.4) is 0 Å². The number of rotatable bonds is 6.